The van der Waals surface area contributed by atoms with Crippen LogP contribution in [0.15, 0.2) is 40.9 Å². The summed E-state index contributed by atoms with van der Waals surface area (Å²) in [6.45, 7) is 1.96. The van der Waals surface area contributed by atoms with Crippen molar-refractivity contribution in [3.05, 3.63) is 69.2 Å². The number of nitrogens with two attached hydrogens (primary N) is 1. The number of benzene rings is 2. The topological polar surface area (TPSA) is 46.2 Å². The highest BCUT2D eigenvalue weighted by atomic mass is 79.9. The molecule has 2 nitrogen and oxygen atoms in total. The molecule has 0 saturated heterocycles. The zero-order chi connectivity index (χ0) is 15.6. The third-order valence-corrected chi connectivity index (χ3v) is 4.02. The van der Waals surface area contributed by atoms with Crippen LogP contribution in [-0.2, 0) is 0 Å². The number of hydrogen-bond acceptors (Lipinski definition) is 2. The van der Waals surface area contributed by atoms with Crippen LogP contribution in [0.5, 0.6) is 0 Å². The molecule has 21 heavy (non-hydrogen) atoms. The Kier molecular flexibility index (Phi) is 5.08. The molecule has 112 valence electrons. The van der Waals surface area contributed by atoms with Crippen LogP contribution in [-0.4, -0.2) is 11.7 Å². The fourth-order valence-corrected chi connectivity index (χ4v) is 2.87. The van der Waals surface area contributed by atoms with Gasteiger partial charge in [-0.25, -0.2) is 8.78 Å². The lowest BCUT2D eigenvalue weighted by molar-refractivity contribution is 0.138. The van der Waals surface area contributed by atoms with E-state index in [2.05, 4.69) is 15.9 Å². The normalized spacial score (nSPS) is 14.0. The summed E-state index contributed by atoms with van der Waals surface area (Å²) >= 11 is 3.02. The number of aliphatic hydroxyl groups excluding tert-OH is 1. The molecule has 0 aliphatic carbocycles. The molecule has 2 aromatic carbocycles. The number of rotatable bonds is 4. The van der Waals surface area contributed by atoms with Crippen molar-refractivity contribution in [3.8, 4) is 0 Å². The minimum atomic E-state index is -1.34. The predicted octanol–water partition coefficient (Wildman–Crippen LogP) is 3.81. The maximum absolute atomic E-state index is 14.0. The molecular formula is C16H16BrF2NO. The van der Waals surface area contributed by atoms with E-state index in [1.54, 1.807) is 0 Å². The van der Waals surface area contributed by atoms with Crippen molar-refractivity contribution in [1.82, 2.24) is 0 Å². The largest absolute Gasteiger partial charge is 0.388 e. The van der Waals surface area contributed by atoms with E-state index < -0.39 is 23.7 Å². The van der Waals surface area contributed by atoms with E-state index in [9.17, 15) is 13.9 Å². The fourth-order valence-electron chi connectivity index (χ4n) is 2.47. The molecule has 3 N–H and O–H groups in total. The lowest BCUT2D eigenvalue weighted by Crippen LogP contribution is -2.22. The molecule has 2 unspecified atom stereocenters. The predicted molar refractivity (Wildman–Crippen MR) is 82.0 cm³/mol. The van der Waals surface area contributed by atoms with E-state index >= 15 is 0 Å². The average molecular weight is 356 g/mol. The minimum absolute atomic E-state index is 0.0843. The van der Waals surface area contributed by atoms with Gasteiger partial charge in [0.15, 0.2) is 0 Å². The maximum Gasteiger partial charge on any atom is 0.133 e. The summed E-state index contributed by atoms with van der Waals surface area (Å²) in [5, 5.41) is 10.4. The van der Waals surface area contributed by atoms with Crippen molar-refractivity contribution in [1.29, 1.82) is 0 Å². The molecule has 0 aliphatic rings. The van der Waals surface area contributed by atoms with E-state index in [1.165, 1.54) is 0 Å². The van der Waals surface area contributed by atoms with Gasteiger partial charge in [-0.05, 0) is 30.2 Å². The third-order valence-electron chi connectivity index (χ3n) is 3.56. The number of aryl methyl sites for hydroxylation is 1. The molecule has 0 fully saturated rings. The molecule has 2 atom stereocenters. The highest BCUT2D eigenvalue weighted by molar-refractivity contribution is 9.10. The van der Waals surface area contributed by atoms with Crippen molar-refractivity contribution >= 4 is 15.9 Å². The van der Waals surface area contributed by atoms with Gasteiger partial charge < -0.3 is 10.8 Å². The molecule has 5 heteroatoms. The molecule has 0 bridgehead atoms. The van der Waals surface area contributed by atoms with Gasteiger partial charge in [0.05, 0.1) is 11.7 Å². The van der Waals surface area contributed by atoms with Crippen molar-refractivity contribution in [2.45, 2.75) is 18.9 Å². The summed E-state index contributed by atoms with van der Waals surface area (Å²) in [4.78, 5) is 0. The lowest BCUT2D eigenvalue weighted by atomic mass is 9.86. The second kappa shape index (κ2) is 6.64. The van der Waals surface area contributed by atoms with Crippen LogP contribution < -0.4 is 5.73 Å². The molecule has 0 aliphatic heterocycles. The first kappa shape index (κ1) is 16.1. The molecule has 0 radical (unpaired) electrons. The van der Waals surface area contributed by atoms with Gasteiger partial charge in [0.25, 0.3) is 0 Å². The van der Waals surface area contributed by atoms with E-state index in [1.807, 2.05) is 31.2 Å². The van der Waals surface area contributed by atoms with Gasteiger partial charge in [-0.3, -0.25) is 0 Å². The zero-order valence-corrected chi connectivity index (χ0v) is 13.1. The van der Waals surface area contributed by atoms with E-state index in [4.69, 9.17) is 5.73 Å². The maximum atomic E-state index is 14.0. The summed E-state index contributed by atoms with van der Waals surface area (Å²) in [6.07, 6.45) is -1.34. The number of aliphatic hydroxyl groups is 1. The Balaban J connectivity index is 2.47. The molecule has 0 spiro atoms. The second-order valence-corrected chi connectivity index (χ2v) is 5.84. The van der Waals surface area contributed by atoms with Crippen molar-refractivity contribution in [2.24, 2.45) is 5.73 Å². The summed E-state index contributed by atoms with van der Waals surface area (Å²) in [7, 11) is 0. The monoisotopic (exact) mass is 355 g/mol. The molecule has 0 saturated carbocycles. The van der Waals surface area contributed by atoms with Gasteiger partial charge in [-0.1, -0.05) is 40.2 Å². The molecule has 2 rings (SSSR count). The van der Waals surface area contributed by atoms with Crippen LogP contribution in [0, 0.1) is 18.6 Å². The van der Waals surface area contributed by atoms with E-state index in [-0.39, 0.29) is 16.6 Å². The van der Waals surface area contributed by atoms with Gasteiger partial charge in [0.1, 0.15) is 11.6 Å². The minimum Gasteiger partial charge on any atom is -0.388 e. The van der Waals surface area contributed by atoms with Crippen LogP contribution in [0.25, 0.3) is 0 Å². The number of hydrogen-bond donors (Lipinski definition) is 2. The van der Waals surface area contributed by atoms with Crippen LogP contribution >= 0.6 is 15.9 Å². The average Bonchev–Trinajstić information content (AvgIpc) is 2.40. The van der Waals surface area contributed by atoms with Crippen molar-refractivity contribution < 1.29 is 13.9 Å². The van der Waals surface area contributed by atoms with Crippen molar-refractivity contribution in [3.63, 3.8) is 0 Å². The summed E-state index contributed by atoms with van der Waals surface area (Å²) in [5.41, 5.74) is 7.09. The lowest BCUT2D eigenvalue weighted by Gasteiger charge is -2.24. The molecule has 0 amide bonds. The van der Waals surface area contributed by atoms with E-state index in [0.29, 0.717) is 0 Å². The quantitative estimate of drug-likeness (QED) is 0.875. The first-order chi connectivity index (χ1) is 9.95. The van der Waals surface area contributed by atoms with Crippen molar-refractivity contribution in [2.75, 3.05) is 6.54 Å². The van der Waals surface area contributed by atoms with Crippen LogP contribution in [0.4, 0.5) is 8.78 Å². The van der Waals surface area contributed by atoms with Gasteiger partial charge in [-0.15, -0.1) is 0 Å². The Morgan fingerprint density at radius 1 is 1.19 bits per heavy atom. The second-order valence-electron chi connectivity index (χ2n) is 4.93. The summed E-state index contributed by atoms with van der Waals surface area (Å²) in [6, 6.07) is 9.62. The smallest absolute Gasteiger partial charge is 0.133 e. The Morgan fingerprint density at radius 3 is 2.29 bits per heavy atom. The zero-order valence-electron chi connectivity index (χ0n) is 11.5. The van der Waals surface area contributed by atoms with Gasteiger partial charge in [-0.2, -0.15) is 0 Å². The first-order valence-electron chi connectivity index (χ1n) is 6.53. The standard InChI is InChI=1S/C16H16BrF2NO/c1-9-4-2-3-5-11(9)12(8-20)16(21)15-13(18)6-10(17)7-14(15)19/h2-7,12,16,21H,8,20H2,1H3. The molecule has 0 heterocycles. The van der Waals surface area contributed by atoms with Crippen LogP contribution in [0.3, 0.4) is 0 Å². The molecular weight excluding hydrogens is 340 g/mol. The first-order valence-corrected chi connectivity index (χ1v) is 7.33. The van der Waals surface area contributed by atoms with E-state index in [0.717, 1.165) is 23.3 Å². The summed E-state index contributed by atoms with van der Waals surface area (Å²) < 4.78 is 28.3. The van der Waals surface area contributed by atoms with Gasteiger partial charge >= 0.3 is 0 Å². The van der Waals surface area contributed by atoms with Crippen LogP contribution in [0.1, 0.15) is 28.7 Å². The number of halogens is 3. The molecule has 0 aromatic heterocycles. The SMILES string of the molecule is Cc1ccccc1C(CN)C(O)c1c(F)cc(Br)cc1F. The highest BCUT2D eigenvalue weighted by Gasteiger charge is 2.28. The van der Waals surface area contributed by atoms with Crippen LogP contribution in [0.2, 0.25) is 0 Å². The fraction of sp³-hybridized carbons (Fsp3) is 0.250. The Labute approximate surface area is 130 Å². The van der Waals surface area contributed by atoms with Gasteiger partial charge in [0.2, 0.25) is 0 Å². The highest BCUT2D eigenvalue weighted by Crippen LogP contribution is 2.35. The Bertz CT molecular complexity index is 625. The third kappa shape index (κ3) is 3.31. The Morgan fingerprint density at radius 2 is 1.76 bits per heavy atom. The molecule has 2 aromatic rings. The Hall–Kier alpha value is -1.30. The summed E-state index contributed by atoms with van der Waals surface area (Å²) in [5.74, 6) is -2.15. The van der Waals surface area contributed by atoms with Gasteiger partial charge in [0, 0.05) is 16.9 Å².